The maximum Gasteiger partial charge on any atom is 0.283 e. The molecule has 1 aliphatic heterocycles. The Balaban J connectivity index is 1.86. The van der Waals surface area contributed by atoms with Crippen LogP contribution in [0.2, 0.25) is 0 Å². The van der Waals surface area contributed by atoms with Crippen LogP contribution in [0, 0.1) is 13.5 Å². The molecule has 3 aromatic rings. The van der Waals surface area contributed by atoms with Gasteiger partial charge in [0.05, 0.1) is 36.1 Å². The summed E-state index contributed by atoms with van der Waals surface area (Å²) in [7, 11) is 0. The molecule has 176 valence electrons. The summed E-state index contributed by atoms with van der Waals surface area (Å²) in [5, 5.41) is 0. The molecule has 0 radical (unpaired) electrons. The first-order valence-corrected chi connectivity index (χ1v) is 11.1. The number of hydrogen-bond acceptors (Lipinski definition) is 4. The maximum atomic E-state index is 14.7. The van der Waals surface area contributed by atoms with Crippen LogP contribution in [0.4, 0.5) is 14.5 Å². The zero-order valence-electron chi connectivity index (χ0n) is 18.9. The molecule has 1 aliphatic rings. The summed E-state index contributed by atoms with van der Waals surface area (Å²) in [6.45, 7) is 10.8. The largest absolute Gasteiger partial charge is 0.369 e. The Morgan fingerprint density at radius 2 is 1.85 bits per heavy atom. The van der Waals surface area contributed by atoms with Crippen molar-refractivity contribution in [1.29, 1.82) is 0 Å². The molecule has 2 N–H and O–H groups in total. The molecule has 1 fully saturated rings. The molecule has 7 nitrogen and oxygen atoms in total. The third-order valence-corrected chi connectivity index (χ3v) is 6.19. The number of fused-ring (bicyclic) bond motifs is 1. The number of hydrogen-bond donors (Lipinski definition) is 1. The third kappa shape index (κ3) is 4.54. The number of carbonyl (C=O) groups excluding carboxylic acids is 2. The second kappa shape index (κ2) is 9.31. The lowest BCUT2D eigenvalue weighted by Crippen LogP contribution is -2.34. The minimum atomic E-state index is -3.50. The number of benzene rings is 1. The number of piperidine rings is 1. The van der Waals surface area contributed by atoms with Gasteiger partial charge in [-0.1, -0.05) is 18.6 Å². The van der Waals surface area contributed by atoms with E-state index in [1.54, 1.807) is 35.8 Å². The van der Waals surface area contributed by atoms with Gasteiger partial charge in [-0.2, -0.15) is 0 Å². The number of primary amides is 1. The molecule has 0 bridgehead atoms. The Morgan fingerprint density at radius 1 is 1.18 bits per heavy atom. The molecule has 1 amide bonds. The van der Waals surface area contributed by atoms with Crippen LogP contribution in [0.5, 0.6) is 0 Å². The molecule has 0 aliphatic carbocycles. The van der Waals surface area contributed by atoms with Gasteiger partial charge in [0.1, 0.15) is 0 Å². The summed E-state index contributed by atoms with van der Waals surface area (Å²) in [6.07, 6.45) is 3.10. The van der Waals surface area contributed by atoms with Crippen LogP contribution in [-0.2, 0) is 10.7 Å². The highest BCUT2D eigenvalue weighted by Gasteiger charge is 2.35. The van der Waals surface area contributed by atoms with Gasteiger partial charge in [0.15, 0.2) is 11.5 Å². The van der Waals surface area contributed by atoms with Crippen molar-refractivity contribution < 1.29 is 18.4 Å². The predicted octanol–water partition coefficient (Wildman–Crippen LogP) is 4.52. The van der Waals surface area contributed by atoms with Gasteiger partial charge in [0.2, 0.25) is 5.91 Å². The van der Waals surface area contributed by atoms with E-state index in [4.69, 9.17) is 12.3 Å². The number of likely N-dealkylation sites (tertiary alicyclic amines) is 1. The molecule has 1 saturated heterocycles. The van der Waals surface area contributed by atoms with E-state index in [9.17, 15) is 18.4 Å². The minimum absolute atomic E-state index is 0.120. The quantitative estimate of drug-likeness (QED) is 0.411. The molecular weight excluding hydrogens is 440 g/mol. The maximum absolute atomic E-state index is 14.7. The van der Waals surface area contributed by atoms with Crippen LogP contribution in [0.3, 0.4) is 0 Å². The highest BCUT2D eigenvalue weighted by atomic mass is 19.3. The fraction of sp³-hybridized carbons (Fsp3) is 0.360. The summed E-state index contributed by atoms with van der Waals surface area (Å²) >= 11 is 0. The van der Waals surface area contributed by atoms with E-state index in [1.165, 1.54) is 6.07 Å². The summed E-state index contributed by atoms with van der Waals surface area (Å²) in [6, 6.07) is 7.92. The van der Waals surface area contributed by atoms with E-state index in [1.807, 2.05) is 0 Å². The van der Waals surface area contributed by atoms with Gasteiger partial charge in [-0.05, 0) is 51.1 Å². The fourth-order valence-electron chi connectivity index (χ4n) is 4.54. The zero-order valence-corrected chi connectivity index (χ0v) is 18.9. The monoisotopic (exact) mass is 465 g/mol. The number of carbonyl (C=O) groups is 2. The number of pyridine rings is 1. The number of rotatable bonds is 7. The van der Waals surface area contributed by atoms with E-state index in [-0.39, 0.29) is 12.3 Å². The van der Waals surface area contributed by atoms with Crippen LogP contribution in [0.25, 0.3) is 21.6 Å². The topological polar surface area (TPSA) is 85.6 Å². The first-order valence-electron chi connectivity index (χ1n) is 11.1. The molecule has 1 aromatic carbocycles. The lowest BCUT2D eigenvalue weighted by atomic mass is 10.0. The SMILES string of the molecule is [C-]#[N+]c1ccc(-n2c(C)c(C(=O)CN3CCCCC3)c3ncc(C(F)(F)CC(N)=O)cc32)cc1. The molecule has 2 aromatic heterocycles. The van der Waals surface area contributed by atoms with Crippen LogP contribution < -0.4 is 5.73 Å². The molecule has 3 heterocycles. The van der Waals surface area contributed by atoms with Crippen molar-refractivity contribution in [3.05, 3.63) is 64.8 Å². The van der Waals surface area contributed by atoms with Gasteiger partial charge < -0.3 is 10.3 Å². The lowest BCUT2D eigenvalue weighted by molar-refractivity contribution is -0.125. The van der Waals surface area contributed by atoms with Gasteiger partial charge in [-0.3, -0.25) is 19.5 Å². The van der Waals surface area contributed by atoms with Crippen molar-refractivity contribution >= 4 is 28.4 Å². The lowest BCUT2D eigenvalue weighted by Gasteiger charge is -2.25. The Bertz CT molecular complexity index is 1290. The van der Waals surface area contributed by atoms with Crippen molar-refractivity contribution in [3.8, 4) is 5.69 Å². The fourth-order valence-corrected chi connectivity index (χ4v) is 4.54. The molecule has 0 unspecified atom stereocenters. The van der Waals surface area contributed by atoms with Crippen molar-refractivity contribution in [2.45, 2.75) is 38.5 Å². The second-order valence-corrected chi connectivity index (χ2v) is 8.62. The Labute approximate surface area is 196 Å². The summed E-state index contributed by atoms with van der Waals surface area (Å²) in [5.41, 5.74) is 7.24. The van der Waals surface area contributed by atoms with Crippen molar-refractivity contribution in [3.63, 3.8) is 0 Å². The number of amides is 1. The van der Waals surface area contributed by atoms with Crippen molar-refractivity contribution in [2.75, 3.05) is 19.6 Å². The molecular formula is C25H25F2N5O2. The second-order valence-electron chi connectivity index (χ2n) is 8.62. The Kier molecular flexibility index (Phi) is 6.44. The summed E-state index contributed by atoms with van der Waals surface area (Å²) in [4.78, 5) is 34.3. The highest BCUT2D eigenvalue weighted by Crippen LogP contribution is 2.36. The first-order chi connectivity index (χ1) is 16.2. The number of Topliss-reactive ketones (excluding diaryl/α,β-unsaturated/α-hetero) is 1. The van der Waals surface area contributed by atoms with Crippen molar-refractivity contribution in [1.82, 2.24) is 14.5 Å². The summed E-state index contributed by atoms with van der Waals surface area (Å²) < 4.78 is 31.1. The molecule has 0 atom stereocenters. The van der Waals surface area contributed by atoms with E-state index in [0.29, 0.717) is 33.7 Å². The van der Waals surface area contributed by atoms with Crippen LogP contribution in [-0.4, -0.2) is 45.8 Å². The number of nitrogens with zero attached hydrogens (tertiary/aromatic N) is 4. The van der Waals surface area contributed by atoms with E-state index in [0.717, 1.165) is 38.5 Å². The van der Waals surface area contributed by atoms with Gasteiger partial charge in [-0.15, -0.1) is 0 Å². The van der Waals surface area contributed by atoms with E-state index in [2.05, 4.69) is 14.7 Å². The molecule has 0 saturated carbocycles. The standard InChI is InChI=1S/C25H25F2N5O2/c1-16-23(21(33)15-31-10-4-3-5-11-31)24-20(32(16)19-8-6-18(29-2)7-9-19)12-17(14-30-24)25(26,27)13-22(28)34/h6-9,12,14H,3-5,10-11,13,15H2,1H3,(H2,28,34). The molecule has 4 rings (SSSR count). The van der Waals surface area contributed by atoms with E-state index < -0.39 is 23.8 Å². The average Bonchev–Trinajstić information content (AvgIpc) is 3.10. The predicted molar refractivity (Wildman–Crippen MR) is 124 cm³/mol. The Hall–Kier alpha value is -3.64. The molecule has 0 spiro atoms. The van der Waals surface area contributed by atoms with Gasteiger partial charge in [-0.25, -0.2) is 13.6 Å². The average molecular weight is 466 g/mol. The number of aromatic nitrogens is 2. The normalized spacial score (nSPS) is 14.8. The molecule has 34 heavy (non-hydrogen) atoms. The third-order valence-electron chi connectivity index (χ3n) is 6.19. The number of alkyl halides is 2. The first kappa shape index (κ1) is 23.5. The number of ketones is 1. The number of halogens is 2. The van der Waals surface area contributed by atoms with Crippen LogP contribution in [0.15, 0.2) is 36.5 Å². The highest BCUT2D eigenvalue weighted by molar-refractivity contribution is 6.09. The van der Waals surface area contributed by atoms with Gasteiger partial charge in [0, 0.05) is 23.1 Å². The Morgan fingerprint density at radius 3 is 2.47 bits per heavy atom. The minimum Gasteiger partial charge on any atom is -0.369 e. The van der Waals surface area contributed by atoms with Crippen LogP contribution >= 0.6 is 0 Å². The zero-order chi connectivity index (χ0) is 24.5. The van der Waals surface area contributed by atoms with Crippen LogP contribution in [0.1, 0.15) is 47.3 Å². The number of nitrogens with two attached hydrogens (primary N) is 1. The van der Waals surface area contributed by atoms with E-state index >= 15 is 0 Å². The smallest absolute Gasteiger partial charge is 0.283 e. The molecule has 9 heteroatoms. The van der Waals surface area contributed by atoms with Gasteiger partial charge >= 0.3 is 0 Å². The summed E-state index contributed by atoms with van der Waals surface area (Å²) in [5.74, 6) is -4.74. The van der Waals surface area contributed by atoms with Crippen molar-refractivity contribution in [2.24, 2.45) is 5.73 Å². The van der Waals surface area contributed by atoms with Gasteiger partial charge in [0.25, 0.3) is 5.92 Å².